The predicted molar refractivity (Wildman–Crippen MR) is 76.9 cm³/mol. The van der Waals surface area contributed by atoms with Crippen LogP contribution in [-0.2, 0) is 0 Å². The summed E-state index contributed by atoms with van der Waals surface area (Å²) in [6.45, 7) is 1.92. The zero-order valence-corrected chi connectivity index (χ0v) is 9.85. The van der Waals surface area contributed by atoms with Gasteiger partial charge < -0.3 is 5.73 Å². The minimum Gasteiger partial charge on any atom is -0.399 e. The van der Waals surface area contributed by atoms with Crippen molar-refractivity contribution in [3.8, 4) is 0 Å². The molecule has 2 N–H and O–H groups in total. The third-order valence-electron chi connectivity index (χ3n) is 2.69. The Labute approximate surface area is 103 Å². The Bertz CT molecular complexity index is 597. The monoisotopic (exact) mass is 219 g/mol. The fraction of sp³-hybridized carbons (Fsp3) is 0.0667. The molecule has 0 aliphatic heterocycles. The minimum atomic E-state index is 0.762. The molecule has 0 atom stereocenters. The molecular formula is C15H14BN. The lowest BCUT2D eigenvalue weighted by atomic mass is 9.94. The summed E-state index contributed by atoms with van der Waals surface area (Å²) in [4.78, 5) is 0. The highest BCUT2D eigenvalue weighted by Gasteiger charge is 1.95. The van der Waals surface area contributed by atoms with Crippen molar-refractivity contribution in [3.05, 3.63) is 59.6 Å². The number of nitrogens with two attached hydrogens (primary N) is 1. The first-order valence-corrected chi connectivity index (χ1v) is 5.58. The average molecular weight is 219 g/mol. The van der Waals surface area contributed by atoms with E-state index in [1.165, 1.54) is 5.39 Å². The van der Waals surface area contributed by atoms with Gasteiger partial charge >= 0.3 is 0 Å². The second-order valence-electron chi connectivity index (χ2n) is 3.99. The number of hydrogen-bond donors (Lipinski definition) is 1. The summed E-state index contributed by atoms with van der Waals surface area (Å²) in [6, 6.07) is 12.2. The first kappa shape index (κ1) is 11.5. The Morgan fingerprint density at radius 3 is 2.65 bits per heavy atom. The van der Waals surface area contributed by atoms with Gasteiger partial charge in [-0.15, -0.1) is 5.47 Å². The van der Waals surface area contributed by atoms with Crippen molar-refractivity contribution >= 4 is 30.4 Å². The van der Waals surface area contributed by atoms with Crippen molar-refractivity contribution < 1.29 is 0 Å². The van der Waals surface area contributed by atoms with E-state index in [1.54, 1.807) is 0 Å². The molecule has 2 heteroatoms. The molecule has 0 fully saturated rings. The van der Waals surface area contributed by atoms with Gasteiger partial charge in [-0.3, -0.25) is 0 Å². The van der Waals surface area contributed by atoms with E-state index in [9.17, 15) is 0 Å². The van der Waals surface area contributed by atoms with Crippen LogP contribution in [0.4, 0.5) is 5.69 Å². The van der Waals surface area contributed by atoms with Crippen molar-refractivity contribution in [2.45, 2.75) is 6.92 Å². The van der Waals surface area contributed by atoms with Crippen molar-refractivity contribution in [2.24, 2.45) is 0 Å². The second-order valence-corrected chi connectivity index (χ2v) is 3.99. The van der Waals surface area contributed by atoms with E-state index in [2.05, 4.69) is 18.2 Å². The molecule has 17 heavy (non-hydrogen) atoms. The van der Waals surface area contributed by atoms with E-state index in [4.69, 9.17) is 13.6 Å². The molecular weight excluding hydrogens is 205 g/mol. The number of nitrogen functional groups attached to an aromatic ring is 1. The molecule has 0 amide bonds. The fourth-order valence-electron chi connectivity index (χ4n) is 1.68. The molecule has 0 aliphatic rings. The molecule has 0 aromatic heterocycles. The summed E-state index contributed by atoms with van der Waals surface area (Å²) >= 11 is 0. The molecule has 0 bridgehead atoms. The standard InChI is InChI=1S/C15H14BN/c1-2-14(16)7-4-11-3-5-12-6-8-15(17)10-13(12)9-11/h2-10H,17H2,1H3/b7-4-,14-2+. The topological polar surface area (TPSA) is 26.0 Å². The van der Waals surface area contributed by atoms with Gasteiger partial charge in [-0.2, -0.15) is 0 Å². The van der Waals surface area contributed by atoms with Gasteiger partial charge in [0.2, 0.25) is 0 Å². The maximum Gasteiger partial charge on any atom is 0.113 e. The van der Waals surface area contributed by atoms with Crippen LogP contribution in [0.15, 0.2) is 54.0 Å². The Kier molecular flexibility index (Phi) is 3.33. The summed E-state index contributed by atoms with van der Waals surface area (Å²) in [6.07, 6.45) is 5.76. The molecule has 0 spiro atoms. The van der Waals surface area contributed by atoms with Gasteiger partial charge in [0.15, 0.2) is 0 Å². The Balaban J connectivity index is 2.40. The van der Waals surface area contributed by atoms with Crippen LogP contribution >= 0.6 is 0 Å². The van der Waals surface area contributed by atoms with Crippen LogP contribution in [0.2, 0.25) is 0 Å². The van der Waals surface area contributed by atoms with Gasteiger partial charge in [-0.1, -0.05) is 36.4 Å². The van der Waals surface area contributed by atoms with E-state index < -0.39 is 0 Å². The zero-order chi connectivity index (χ0) is 12.3. The number of hydrogen-bond acceptors (Lipinski definition) is 1. The molecule has 2 aromatic rings. The highest BCUT2D eigenvalue weighted by atomic mass is 14.5. The van der Waals surface area contributed by atoms with E-state index in [-0.39, 0.29) is 0 Å². The van der Waals surface area contributed by atoms with Crippen LogP contribution in [0.1, 0.15) is 12.5 Å². The summed E-state index contributed by atoms with van der Waals surface area (Å²) in [5, 5.41) is 2.33. The summed E-state index contributed by atoms with van der Waals surface area (Å²) in [5.41, 5.74) is 8.43. The molecule has 2 rings (SSSR count). The smallest absolute Gasteiger partial charge is 0.113 e. The van der Waals surface area contributed by atoms with Crippen molar-refractivity contribution in [2.75, 3.05) is 5.73 Å². The molecule has 0 unspecified atom stereocenters. The minimum absolute atomic E-state index is 0.762. The number of fused-ring (bicyclic) bond motifs is 1. The number of rotatable bonds is 2. The number of benzene rings is 2. The first-order valence-electron chi connectivity index (χ1n) is 5.58. The molecule has 0 heterocycles. The van der Waals surface area contributed by atoms with Crippen LogP contribution in [0.5, 0.6) is 0 Å². The van der Waals surface area contributed by atoms with Crippen LogP contribution < -0.4 is 5.73 Å². The molecule has 0 aliphatic carbocycles. The quantitative estimate of drug-likeness (QED) is 0.466. The maximum absolute atomic E-state index is 5.77. The third kappa shape index (κ3) is 2.79. The van der Waals surface area contributed by atoms with Gasteiger partial charge in [0, 0.05) is 5.69 Å². The van der Waals surface area contributed by atoms with Crippen LogP contribution in [0.25, 0.3) is 16.8 Å². The number of anilines is 1. The number of allylic oxidation sites excluding steroid dienone is 3. The maximum atomic E-state index is 5.77. The van der Waals surface area contributed by atoms with Crippen molar-refractivity contribution in [1.29, 1.82) is 0 Å². The fourth-order valence-corrected chi connectivity index (χ4v) is 1.68. The molecule has 2 aromatic carbocycles. The molecule has 1 nitrogen and oxygen atoms in total. The normalized spacial score (nSPS) is 12.4. The first-order chi connectivity index (χ1) is 8.19. The zero-order valence-electron chi connectivity index (χ0n) is 9.85. The lowest BCUT2D eigenvalue weighted by molar-refractivity contribution is 1.67. The molecule has 0 saturated carbocycles. The van der Waals surface area contributed by atoms with Crippen LogP contribution in [-0.4, -0.2) is 7.85 Å². The Morgan fingerprint density at radius 2 is 1.88 bits per heavy atom. The predicted octanol–water partition coefficient (Wildman–Crippen LogP) is 3.51. The van der Waals surface area contributed by atoms with Gasteiger partial charge in [0.05, 0.1) is 0 Å². The molecule has 82 valence electrons. The SMILES string of the molecule is [B]C(/C=C\c1ccc2ccc(N)cc2c1)=C/C. The average Bonchev–Trinajstić information content (AvgIpc) is 2.35. The third-order valence-corrected chi connectivity index (χ3v) is 2.69. The van der Waals surface area contributed by atoms with Gasteiger partial charge in [0.1, 0.15) is 7.85 Å². The van der Waals surface area contributed by atoms with E-state index >= 15 is 0 Å². The van der Waals surface area contributed by atoms with E-state index in [0.717, 1.165) is 22.1 Å². The summed E-state index contributed by atoms with van der Waals surface area (Å²) in [7, 11) is 5.71. The van der Waals surface area contributed by atoms with Crippen molar-refractivity contribution in [3.63, 3.8) is 0 Å². The van der Waals surface area contributed by atoms with Crippen LogP contribution in [0, 0.1) is 0 Å². The van der Waals surface area contributed by atoms with Gasteiger partial charge in [-0.25, -0.2) is 0 Å². The largest absolute Gasteiger partial charge is 0.399 e. The summed E-state index contributed by atoms with van der Waals surface area (Å²) < 4.78 is 0. The lowest BCUT2D eigenvalue weighted by Gasteiger charge is -2.01. The van der Waals surface area contributed by atoms with Crippen LogP contribution in [0.3, 0.4) is 0 Å². The van der Waals surface area contributed by atoms with Crippen molar-refractivity contribution in [1.82, 2.24) is 0 Å². The van der Waals surface area contributed by atoms with Gasteiger partial charge in [-0.05, 0) is 41.5 Å². The highest BCUT2D eigenvalue weighted by Crippen LogP contribution is 2.19. The molecule has 2 radical (unpaired) electrons. The molecule has 0 saturated heterocycles. The van der Waals surface area contributed by atoms with E-state index in [0.29, 0.717) is 0 Å². The highest BCUT2D eigenvalue weighted by molar-refractivity contribution is 6.23. The Hall–Kier alpha value is -1.96. The summed E-state index contributed by atoms with van der Waals surface area (Å²) in [5.74, 6) is 0. The van der Waals surface area contributed by atoms with E-state index in [1.807, 2.05) is 43.4 Å². The lowest BCUT2D eigenvalue weighted by Crippen LogP contribution is -1.84. The van der Waals surface area contributed by atoms with Gasteiger partial charge in [0.25, 0.3) is 0 Å². The Morgan fingerprint density at radius 1 is 1.12 bits per heavy atom. The second kappa shape index (κ2) is 4.92.